The summed E-state index contributed by atoms with van der Waals surface area (Å²) in [5.74, 6) is 0. The van der Waals surface area contributed by atoms with E-state index in [1.807, 2.05) is 0 Å². The average Bonchev–Trinajstić information content (AvgIpc) is 2.51. The van der Waals surface area contributed by atoms with Crippen molar-refractivity contribution < 1.29 is 9.85 Å². The van der Waals surface area contributed by atoms with E-state index in [-0.39, 0.29) is 11.4 Å². The third-order valence-electron chi connectivity index (χ3n) is 3.25. The van der Waals surface area contributed by atoms with Crippen molar-refractivity contribution in [2.75, 3.05) is 19.0 Å². The van der Waals surface area contributed by atoms with Crippen molar-refractivity contribution in [2.24, 2.45) is 0 Å². The summed E-state index contributed by atoms with van der Waals surface area (Å²) in [4.78, 5) is 49.0. The van der Waals surface area contributed by atoms with Crippen LogP contribution in [0.3, 0.4) is 0 Å². The standard InChI is InChI=1S/C14H13N5O6/c1-17(2)10-6-4-8(7-11(10)18(22)23)3-5-9-12(19(24)25)13(20)16-14(21)15-9/h3-7H,1-2H3,(H2,15,16,20,21). The second kappa shape index (κ2) is 6.78. The van der Waals surface area contributed by atoms with Gasteiger partial charge in [0.25, 0.3) is 5.69 Å². The molecule has 0 aliphatic rings. The van der Waals surface area contributed by atoms with Gasteiger partial charge in [-0.2, -0.15) is 0 Å². The summed E-state index contributed by atoms with van der Waals surface area (Å²) in [5, 5.41) is 22.1. The Labute approximate surface area is 139 Å². The zero-order chi connectivity index (χ0) is 18.7. The van der Waals surface area contributed by atoms with Crippen LogP contribution in [0.1, 0.15) is 11.3 Å². The van der Waals surface area contributed by atoms with Gasteiger partial charge in [0.15, 0.2) is 0 Å². The molecule has 2 aromatic rings. The molecule has 0 amide bonds. The summed E-state index contributed by atoms with van der Waals surface area (Å²) in [7, 11) is 3.31. The Kier molecular flexibility index (Phi) is 4.77. The lowest BCUT2D eigenvalue weighted by atomic mass is 10.1. The van der Waals surface area contributed by atoms with Gasteiger partial charge in [0.05, 0.1) is 9.85 Å². The first-order chi connectivity index (χ1) is 11.7. The maximum Gasteiger partial charge on any atom is 0.357 e. The molecule has 0 spiro atoms. The van der Waals surface area contributed by atoms with E-state index in [0.717, 1.165) is 6.08 Å². The van der Waals surface area contributed by atoms with Crippen LogP contribution in [0, 0.1) is 20.2 Å². The van der Waals surface area contributed by atoms with Crippen LogP contribution in [0.15, 0.2) is 27.8 Å². The highest BCUT2D eigenvalue weighted by atomic mass is 16.6. The van der Waals surface area contributed by atoms with E-state index >= 15 is 0 Å². The van der Waals surface area contributed by atoms with Gasteiger partial charge in [-0.1, -0.05) is 12.1 Å². The van der Waals surface area contributed by atoms with E-state index < -0.39 is 26.8 Å². The van der Waals surface area contributed by atoms with Gasteiger partial charge in [-0.25, -0.2) is 4.79 Å². The molecule has 2 rings (SSSR count). The highest BCUT2D eigenvalue weighted by Gasteiger charge is 2.19. The Morgan fingerprint density at radius 2 is 1.72 bits per heavy atom. The summed E-state index contributed by atoms with van der Waals surface area (Å²) >= 11 is 0. The molecule has 0 bridgehead atoms. The Morgan fingerprint density at radius 3 is 2.28 bits per heavy atom. The molecule has 25 heavy (non-hydrogen) atoms. The van der Waals surface area contributed by atoms with Gasteiger partial charge in [-0.05, 0) is 17.7 Å². The summed E-state index contributed by atoms with van der Waals surface area (Å²) in [6, 6.07) is 4.37. The number of H-pyrrole nitrogens is 2. The minimum atomic E-state index is -1.14. The van der Waals surface area contributed by atoms with Gasteiger partial charge in [-0.15, -0.1) is 0 Å². The van der Waals surface area contributed by atoms with E-state index in [2.05, 4.69) is 4.98 Å². The third kappa shape index (κ3) is 3.77. The van der Waals surface area contributed by atoms with E-state index in [0.29, 0.717) is 11.3 Å². The average molecular weight is 347 g/mol. The summed E-state index contributed by atoms with van der Waals surface area (Å²) in [5.41, 5.74) is -2.56. The number of rotatable bonds is 5. The van der Waals surface area contributed by atoms with E-state index in [4.69, 9.17) is 0 Å². The minimum absolute atomic E-state index is 0.152. The fraction of sp³-hybridized carbons (Fsp3) is 0.143. The molecule has 0 atom stereocenters. The number of benzene rings is 1. The Morgan fingerprint density at radius 1 is 1.04 bits per heavy atom. The summed E-state index contributed by atoms with van der Waals surface area (Å²) in [6.45, 7) is 0. The highest BCUT2D eigenvalue weighted by molar-refractivity contribution is 5.75. The van der Waals surface area contributed by atoms with Crippen molar-refractivity contribution in [2.45, 2.75) is 0 Å². The zero-order valence-corrected chi connectivity index (χ0v) is 13.2. The van der Waals surface area contributed by atoms with Gasteiger partial charge in [0, 0.05) is 20.2 Å². The van der Waals surface area contributed by atoms with Crippen molar-refractivity contribution in [3.05, 3.63) is 70.5 Å². The van der Waals surface area contributed by atoms with Crippen LogP contribution in [0.4, 0.5) is 17.1 Å². The molecule has 0 saturated carbocycles. The third-order valence-corrected chi connectivity index (χ3v) is 3.25. The molecule has 0 radical (unpaired) electrons. The van der Waals surface area contributed by atoms with Crippen molar-refractivity contribution in [3.8, 4) is 0 Å². The molecule has 0 saturated heterocycles. The lowest BCUT2D eigenvalue weighted by Gasteiger charge is -2.12. The maximum absolute atomic E-state index is 11.5. The van der Waals surface area contributed by atoms with Gasteiger partial charge >= 0.3 is 16.9 Å². The number of hydrogen-bond acceptors (Lipinski definition) is 7. The molecular weight excluding hydrogens is 334 g/mol. The molecule has 11 heteroatoms. The predicted octanol–water partition coefficient (Wildman–Crippen LogP) is 1.12. The molecule has 1 aromatic carbocycles. The quantitative estimate of drug-likeness (QED) is 0.606. The molecule has 0 aliphatic carbocycles. The zero-order valence-electron chi connectivity index (χ0n) is 13.2. The van der Waals surface area contributed by atoms with Crippen LogP contribution < -0.4 is 16.1 Å². The van der Waals surface area contributed by atoms with Gasteiger partial charge in [0.1, 0.15) is 11.4 Å². The number of nitrogens with one attached hydrogen (secondary N) is 2. The lowest BCUT2D eigenvalue weighted by molar-refractivity contribution is -0.386. The van der Waals surface area contributed by atoms with Crippen molar-refractivity contribution in [1.82, 2.24) is 9.97 Å². The molecule has 2 N–H and O–H groups in total. The molecule has 1 aromatic heterocycles. The molecule has 1 heterocycles. The Bertz CT molecular complexity index is 988. The number of nitro groups is 2. The fourth-order valence-corrected chi connectivity index (χ4v) is 2.15. The maximum atomic E-state index is 11.5. The first kappa shape index (κ1) is 17.6. The molecular formula is C14H13N5O6. The fourth-order valence-electron chi connectivity index (χ4n) is 2.15. The topological polar surface area (TPSA) is 155 Å². The van der Waals surface area contributed by atoms with Crippen molar-refractivity contribution in [1.29, 1.82) is 0 Å². The second-order valence-corrected chi connectivity index (χ2v) is 5.16. The van der Waals surface area contributed by atoms with Crippen LogP contribution in [0.25, 0.3) is 12.2 Å². The van der Waals surface area contributed by atoms with Crippen LogP contribution in [-0.2, 0) is 0 Å². The first-order valence-corrected chi connectivity index (χ1v) is 6.85. The van der Waals surface area contributed by atoms with Gasteiger partial charge in [-0.3, -0.25) is 30.0 Å². The molecule has 0 aliphatic heterocycles. The number of anilines is 1. The van der Waals surface area contributed by atoms with Crippen molar-refractivity contribution >= 4 is 29.2 Å². The van der Waals surface area contributed by atoms with Crippen LogP contribution in [0.5, 0.6) is 0 Å². The monoisotopic (exact) mass is 347 g/mol. The molecule has 11 nitrogen and oxygen atoms in total. The van der Waals surface area contributed by atoms with E-state index in [1.54, 1.807) is 30.0 Å². The second-order valence-electron chi connectivity index (χ2n) is 5.16. The van der Waals surface area contributed by atoms with Crippen LogP contribution in [0.2, 0.25) is 0 Å². The van der Waals surface area contributed by atoms with Gasteiger partial charge < -0.3 is 9.88 Å². The summed E-state index contributed by atoms with van der Waals surface area (Å²) < 4.78 is 0. The molecule has 0 fully saturated rings. The first-order valence-electron chi connectivity index (χ1n) is 6.85. The molecule has 130 valence electrons. The van der Waals surface area contributed by atoms with Crippen molar-refractivity contribution in [3.63, 3.8) is 0 Å². The lowest BCUT2D eigenvalue weighted by Crippen LogP contribution is -2.25. The predicted molar refractivity (Wildman–Crippen MR) is 90.7 cm³/mol. The van der Waals surface area contributed by atoms with E-state index in [9.17, 15) is 29.8 Å². The summed E-state index contributed by atoms with van der Waals surface area (Å²) in [6.07, 6.45) is 2.47. The smallest absolute Gasteiger partial charge is 0.357 e. The molecule has 0 unspecified atom stereocenters. The van der Waals surface area contributed by atoms with Crippen LogP contribution >= 0.6 is 0 Å². The van der Waals surface area contributed by atoms with Crippen LogP contribution in [-0.4, -0.2) is 33.9 Å². The largest absolute Gasteiger partial charge is 0.372 e. The number of nitro benzene ring substituents is 1. The number of aromatic nitrogens is 2. The highest BCUT2D eigenvalue weighted by Crippen LogP contribution is 2.28. The minimum Gasteiger partial charge on any atom is -0.372 e. The number of aromatic amines is 2. The van der Waals surface area contributed by atoms with E-state index in [1.165, 1.54) is 18.2 Å². The Balaban J connectivity index is 2.52. The normalized spacial score (nSPS) is 10.8. The number of nitrogens with zero attached hydrogens (tertiary/aromatic N) is 3. The Hall–Kier alpha value is -3.76. The number of hydrogen-bond donors (Lipinski definition) is 2. The van der Waals surface area contributed by atoms with Gasteiger partial charge in [0.2, 0.25) is 0 Å². The SMILES string of the molecule is CN(C)c1ccc(C=Cc2[nH]c(=O)[nH]c(=O)c2[N+](=O)[O-])cc1[N+](=O)[O-].